The molecule has 0 amide bonds. The van der Waals surface area contributed by atoms with Gasteiger partial charge < -0.3 is 15.4 Å². The maximum absolute atomic E-state index is 13.9. The van der Waals surface area contributed by atoms with Crippen molar-refractivity contribution in [2.45, 2.75) is 32.1 Å². The molecule has 2 rings (SSSR count). The smallest absolute Gasteiger partial charge is 0.401 e. The highest BCUT2D eigenvalue weighted by atomic mass is 127. The summed E-state index contributed by atoms with van der Waals surface area (Å²) in [7, 11) is 1.58. The molecular formula is C17H25F4IN4O. The molecule has 1 atom stereocenters. The Bertz CT molecular complexity index is 627. The SMILES string of the molecule is CCOc1ccc(CNC(=NC)NC2CCN(CC(F)(F)F)C2)cc1F.I. The molecule has 1 aromatic carbocycles. The second-order valence-corrected chi connectivity index (χ2v) is 6.10. The third-order valence-electron chi connectivity index (χ3n) is 4.00. The summed E-state index contributed by atoms with van der Waals surface area (Å²) >= 11 is 0. The summed E-state index contributed by atoms with van der Waals surface area (Å²) in [5.74, 6) is 0.236. The lowest BCUT2D eigenvalue weighted by molar-refractivity contribution is -0.143. The standard InChI is InChI=1S/C17H24F4N4O.HI/c1-3-26-15-5-4-12(8-14(15)18)9-23-16(22-2)24-13-6-7-25(10-13)11-17(19,20)21;/h4-5,8,13H,3,6-7,9-11H2,1-2H3,(H2,22,23,24);1H. The normalized spacial score (nSPS) is 18.1. The van der Waals surface area contributed by atoms with Crippen molar-refractivity contribution >= 4 is 29.9 Å². The lowest BCUT2D eigenvalue weighted by atomic mass is 10.2. The summed E-state index contributed by atoms with van der Waals surface area (Å²) in [6.07, 6.45) is -3.58. The van der Waals surface area contributed by atoms with Gasteiger partial charge in [0.1, 0.15) is 0 Å². The molecule has 1 aliphatic heterocycles. The Hall–Kier alpha value is -1.30. The predicted molar refractivity (Wildman–Crippen MR) is 107 cm³/mol. The van der Waals surface area contributed by atoms with Crippen LogP contribution < -0.4 is 15.4 Å². The van der Waals surface area contributed by atoms with Crippen LogP contribution in [0.2, 0.25) is 0 Å². The third-order valence-corrected chi connectivity index (χ3v) is 4.00. The van der Waals surface area contributed by atoms with Crippen molar-refractivity contribution in [2.24, 2.45) is 4.99 Å². The lowest BCUT2D eigenvalue weighted by Crippen LogP contribution is -2.44. The van der Waals surface area contributed by atoms with Crippen LogP contribution in [0.1, 0.15) is 18.9 Å². The fourth-order valence-corrected chi connectivity index (χ4v) is 2.85. The first-order valence-electron chi connectivity index (χ1n) is 8.48. The van der Waals surface area contributed by atoms with Crippen LogP contribution in [0, 0.1) is 5.82 Å². The number of hydrogen-bond donors (Lipinski definition) is 2. The van der Waals surface area contributed by atoms with E-state index in [2.05, 4.69) is 15.6 Å². The van der Waals surface area contributed by atoms with E-state index in [1.54, 1.807) is 26.1 Å². The summed E-state index contributed by atoms with van der Waals surface area (Å²) in [4.78, 5) is 5.44. The molecule has 1 heterocycles. The van der Waals surface area contributed by atoms with Crippen molar-refractivity contribution in [3.8, 4) is 5.75 Å². The van der Waals surface area contributed by atoms with E-state index in [0.717, 1.165) is 0 Å². The molecular weight excluding hydrogens is 479 g/mol. The molecule has 2 N–H and O–H groups in total. The largest absolute Gasteiger partial charge is 0.491 e. The van der Waals surface area contributed by atoms with Gasteiger partial charge in [-0.3, -0.25) is 9.89 Å². The molecule has 27 heavy (non-hydrogen) atoms. The molecule has 0 radical (unpaired) electrons. The predicted octanol–water partition coefficient (Wildman–Crippen LogP) is 3.14. The van der Waals surface area contributed by atoms with Gasteiger partial charge in [0.25, 0.3) is 0 Å². The van der Waals surface area contributed by atoms with Gasteiger partial charge >= 0.3 is 6.18 Å². The highest BCUT2D eigenvalue weighted by molar-refractivity contribution is 14.0. The number of aliphatic imine (C=N–C) groups is 1. The third kappa shape index (κ3) is 8.08. The van der Waals surface area contributed by atoms with E-state index in [1.165, 1.54) is 11.0 Å². The zero-order chi connectivity index (χ0) is 19.2. The summed E-state index contributed by atoms with van der Waals surface area (Å²) in [6.45, 7) is 2.29. The number of benzene rings is 1. The van der Waals surface area contributed by atoms with Crippen molar-refractivity contribution in [2.75, 3.05) is 33.3 Å². The second-order valence-electron chi connectivity index (χ2n) is 6.10. The van der Waals surface area contributed by atoms with Crippen molar-refractivity contribution in [3.63, 3.8) is 0 Å². The first-order chi connectivity index (χ1) is 12.3. The van der Waals surface area contributed by atoms with Crippen molar-refractivity contribution < 1.29 is 22.3 Å². The van der Waals surface area contributed by atoms with Crippen molar-refractivity contribution in [3.05, 3.63) is 29.6 Å². The van der Waals surface area contributed by atoms with Crippen LogP contribution in [-0.2, 0) is 6.54 Å². The topological polar surface area (TPSA) is 48.9 Å². The van der Waals surface area contributed by atoms with Gasteiger partial charge in [0, 0.05) is 32.7 Å². The molecule has 154 valence electrons. The number of likely N-dealkylation sites (tertiary alicyclic amines) is 1. The van der Waals surface area contributed by atoms with Crippen LogP contribution in [0.5, 0.6) is 5.75 Å². The van der Waals surface area contributed by atoms with E-state index in [1.807, 2.05) is 0 Å². The van der Waals surface area contributed by atoms with Gasteiger partial charge in [0.2, 0.25) is 0 Å². The molecule has 0 spiro atoms. The maximum Gasteiger partial charge on any atom is 0.401 e. The van der Waals surface area contributed by atoms with Crippen LogP contribution >= 0.6 is 24.0 Å². The Morgan fingerprint density at radius 3 is 2.70 bits per heavy atom. The Labute approximate surface area is 173 Å². The Morgan fingerprint density at radius 1 is 1.37 bits per heavy atom. The molecule has 0 aromatic heterocycles. The van der Waals surface area contributed by atoms with Gasteiger partial charge in [-0.25, -0.2) is 4.39 Å². The number of halogens is 5. The van der Waals surface area contributed by atoms with Crippen molar-refractivity contribution in [1.82, 2.24) is 15.5 Å². The first kappa shape index (κ1) is 23.7. The molecule has 10 heteroatoms. The Balaban J connectivity index is 0.00000364. The number of nitrogens with one attached hydrogen (secondary N) is 2. The minimum atomic E-state index is -4.19. The van der Waals surface area contributed by atoms with Gasteiger partial charge in [-0.2, -0.15) is 13.2 Å². The summed E-state index contributed by atoms with van der Waals surface area (Å²) in [6, 6.07) is 4.58. The van der Waals surface area contributed by atoms with E-state index >= 15 is 0 Å². The Kier molecular flexibility index (Phi) is 9.57. The van der Waals surface area contributed by atoms with E-state index in [-0.39, 0.29) is 35.8 Å². The average molecular weight is 504 g/mol. The van der Waals surface area contributed by atoms with Crippen molar-refractivity contribution in [1.29, 1.82) is 0 Å². The fourth-order valence-electron chi connectivity index (χ4n) is 2.85. The zero-order valence-corrected chi connectivity index (χ0v) is 17.6. The molecule has 1 unspecified atom stereocenters. The maximum atomic E-state index is 13.9. The van der Waals surface area contributed by atoms with Gasteiger partial charge in [-0.1, -0.05) is 6.07 Å². The van der Waals surface area contributed by atoms with Gasteiger partial charge in [0.15, 0.2) is 17.5 Å². The van der Waals surface area contributed by atoms with E-state index in [9.17, 15) is 17.6 Å². The highest BCUT2D eigenvalue weighted by Gasteiger charge is 2.34. The molecule has 0 saturated carbocycles. The van der Waals surface area contributed by atoms with Gasteiger partial charge in [-0.15, -0.1) is 24.0 Å². The summed E-state index contributed by atoms with van der Waals surface area (Å²) in [5, 5.41) is 6.15. The molecule has 0 bridgehead atoms. The summed E-state index contributed by atoms with van der Waals surface area (Å²) < 4.78 is 56.3. The van der Waals surface area contributed by atoms with Crippen LogP contribution in [-0.4, -0.2) is 56.4 Å². The van der Waals surface area contributed by atoms with Gasteiger partial charge in [0.05, 0.1) is 13.2 Å². The quantitative estimate of drug-likeness (QED) is 0.271. The minimum Gasteiger partial charge on any atom is -0.491 e. The van der Waals surface area contributed by atoms with E-state index < -0.39 is 18.5 Å². The second kappa shape index (κ2) is 10.9. The number of nitrogens with zero attached hydrogens (tertiary/aromatic N) is 2. The number of rotatable bonds is 6. The van der Waals surface area contributed by atoms with Crippen LogP contribution in [0.15, 0.2) is 23.2 Å². The number of hydrogen-bond acceptors (Lipinski definition) is 3. The number of ether oxygens (including phenoxy) is 1. The fraction of sp³-hybridized carbons (Fsp3) is 0.588. The number of guanidine groups is 1. The molecule has 1 aliphatic rings. The molecule has 1 aromatic rings. The number of alkyl halides is 3. The molecule has 1 fully saturated rings. The average Bonchev–Trinajstić information content (AvgIpc) is 2.98. The molecule has 5 nitrogen and oxygen atoms in total. The van der Waals surface area contributed by atoms with Gasteiger partial charge in [-0.05, 0) is 31.0 Å². The first-order valence-corrected chi connectivity index (χ1v) is 8.48. The highest BCUT2D eigenvalue weighted by Crippen LogP contribution is 2.20. The molecule has 1 saturated heterocycles. The van der Waals surface area contributed by atoms with E-state index in [0.29, 0.717) is 44.2 Å². The Morgan fingerprint density at radius 2 is 2.11 bits per heavy atom. The van der Waals surface area contributed by atoms with Crippen LogP contribution in [0.4, 0.5) is 17.6 Å². The van der Waals surface area contributed by atoms with Crippen LogP contribution in [0.3, 0.4) is 0 Å². The molecule has 0 aliphatic carbocycles. The zero-order valence-electron chi connectivity index (χ0n) is 15.3. The van der Waals surface area contributed by atoms with E-state index in [4.69, 9.17) is 4.74 Å². The summed E-state index contributed by atoms with van der Waals surface area (Å²) in [5.41, 5.74) is 0.707. The lowest BCUT2D eigenvalue weighted by Gasteiger charge is -2.20. The van der Waals surface area contributed by atoms with Crippen LogP contribution in [0.25, 0.3) is 0 Å². The monoisotopic (exact) mass is 504 g/mol. The minimum absolute atomic E-state index is 0.